The summed E-state index contributed by atoms with van der Waals surface area (Å²) in [4.78, 5) is 24.7. The molecule has 0 unspecified atom stereocenters. The standard InChI is InChI=1S/C19H21ClN4O3/c20-14-5-3-12(4-6-14)16-10-22-24-11-13(19(26)23-18(16)24)8-17(25)21-9-15-2-1-7-27-15/h3-6,10,13,15H,1-2,7-9,11H2,(H,21,25)(H,23,26)/t13-,15-/m1/s1. The smallest absolute Gasteiger partial charge is 0.231 e. The monoisotopic (exact) mass is 388 g/mol. The van der Waals surface area contributed by atoms with Crippen LogP contribution in [-0.2, 0) is 20.9 Å². The molecule has 2 aliphatic heterocycles. The summed E-state index contributed by atoms with van der Waals surface area (Å²) in [6, 6.07) is 7.37. The Labute approximate surface area is 162 Å². The van der Waals surface area contributed by atoms with Crippen molar-refractivity contribution in [3.8, 4) is 11.1 Å². The van der Waals surface area contributed by atoms with Crippen LogP contribution in [0.25, 0.3) is 11.1 Å². The van der Waals surface area contributed by atoms with Crippen LogP contribution < -0.4 is 10.6 Å². The molecule has 1 aromatic carbocycles. The molecule has 2 N–H and O–H groups in total. The van der Waals surface area contributed by atoms with Gasteiger partial charge in [-0.25, -0.2) is 4.68 Å². The highest BCUT2D eigenvalue weighted by atomic mass is 35.5. The maximum Gasteiger partial charge on any atom is 0.231 e. The Bertz CT molecular complexity index is 843. The van der Waals surface area contributed by atoms with Crippen LogP contribution in [0.15, 0.2) is 30.5 Å². The predicted octanol–water partition coefficient (Wildman–Crippen LogP) is 2.46. The summed E-state index contributed by atoms with van der Waals surface area (Å²) in [5.41, 5.74) is 1.76. The molecule has 0 radical (unpaired) electrons. The van der Waals surface area contributed by atoms with Crippen LogP contribution in [0.2, 0.25) is 5.02 Å². The van der Waals surface area contributed by atoms with Gasteiger partial charge in [-0.3, -0.25) is 9.59 Å². The number of carbonyl (C=O) groups is 2. The van der Waals surface area contributed by atoms with Crippen molar-refractivity contribution in [3.05, 3.63) is 35.5 Å². The lowest BCUT2D eigenvalue weighted by Crippen LogP contribution is -2.39. The van der Waals surface area contributed by atoms with E-state index in [4.69, 9.17) is 16.3 Å². The number of amides is 2. The van der Waals surface area contributed by atoms with Gasteiger partial charge in [0, 0.05) is 30.2 Å². The number of hydrogen-bond donors (Lipinski definition) is 2. The average Bonchev–Trinajstić information content (AvgIpc) is 3.31. The predicted molar refractivity (Wildman–Crippen MR) is 101 cm³/mol. The number of halogens is 1. The zero-order valence-electron chi connectivity index (χ0n) is 14.8. The number of nitrogens with zero attached hydrogens (tertiary/aromatic N) is 2. The second-order valence-corrected chi connectivity index (χ2v) is 7.36. The Balaban J connectivity index is 1.40. The molecule has 0 bridgehead atoms. The molecule has 2 aliphatic rings. The Hall–Kier alpha value is -2.38. The zero-order chi connectivity index (χ0) is 18.8. The molecule has 142 valence electrons. The fourth-order valence-corrected chi connectivity index (χ4v) is 3.62. The summed E-state index contributed by atoms with van der Waals surface area (Å²) in [7, 11) is 0. The molecule has 2 amide bonds. The lowest BCUT2D eigenvalue weighted by Gasteiger charge is -2.24. The average molecular weight is 389 g/mol. The zero-order valence-corrected chi connectivity index (χ0v) is 15.5. The number of rotatable bonds is 5. The topological polar surface area (TPSA) is 85.2 Å². The van der Waals surface area contributed by atoms with E-state index in [1.54, 1.807) is 23.0 Å². The van der Waals surface area contributed by atoms with Crippen LogP contribution in [0, 0.1) is 5.92 Å². The SMILES string of the molecule is O=C(C[C@@H]1Cn2ncc(-c3ccc(Cl)cc3)c2NC1=O)NC[C@H]1CCCO1. The third-order valence-corrected chi connectivity index (χ3v) is 5.24. The van der Waals surface area contributed by atoms with Crippen LogP contribution in [-0.4, -0.2) is 40.9 Å². The highest BCUT2D eigenvalue weighted by Gasteiger charge is 2.31. The van der Waals surface area contributed by atoms with Crippen molar-refractivity contribution in [3.63, 3.8) is 0 Å². The molecule has 2 atom stereocenters. The molecule has 1 saturated heterocycles. The Morgan fingerprint density at radius 1 is 1.37 bits per heavy atom. The van der Waals surface area contributed by atoms with Crippen molar-refractivity contribution in [2.24, 2.45) is 5.92 Å². The lowest BCUT2D eigenvalue weighted by molar-refractivity contribution is -0.128. The first-order valence-electron chi connectivity index (χ1n) is 9.11. The number of hydrogen-bond acceptors (Lipinski definition) is 4. The second kappa shape index (κ2) is 7.70. The van der Waals surface area contributed by atoms with Crippen LogP contribution in [0.3, 0.4) is 0 Å². The summed E-state index contributed by atoms with van der Waals surface area (Å²) in [5.74, 6) is -0.0945. The third kappa shape index (κ3) is 3.99. The van der Waals surface area contributed by atoms with E-state index in [1.807, 2.05) is 12.1 Å². The van der Waals surface area contributed by atoms with Gasteiger partial charge in [0.1, 0.15) is 5.82 Å². The minimum atomic E-state index is -0.444. The van der Waals surface area contributed by atoms with Gasteiger partial charge in [0.15, 0.2) is 0 Å². The minimum absolute atomic E-state index is 0.0915. The number of carbonyl (C=O) groups excluding carboxylic acids is 2. The molecular weight excluding hydrogens is 368 g/mol. The highest BCUT2D eigenvalue weighted by Crippen LogP contribution is 2.32. The minimum Gasteiger partial charge on any atom is -0.376 e. The van der Waals surface area contributed by atoms with Crippen LogP contribution >= 0.6 is 11.6 Å². The summed E-state index contributed by atoms with van der Waals surface area (Å²) in [5, 5.41) is 10.8. The molecule has 0 aliphatic carbocycles. The van der Waals surface area contributed by atoms with Crippen LogP contribution in [0.4, 0.5) is 5.82 Å². The summed E-state index contributed by atoms with van der Waals surface area (Å²) >= 11 is 5.94. The van der Waals surface area contributed by atoms with Crippen molar-refractivity contribution in [2.45, 2.75) is 31.9 Å². The molecular formula is C19H21ClN4O3. The quantitative estimate of drug-likeness (QED) is 0.823. The Morgan fingerprint density at radius 2 is 2.19 bits per heavy atom. The van der Waals surface area contributed by atoms with Gasteiger partial charge < -0.3 is 15.4 Å². The van der Waals surface area contributed by atoms with Gasteiger partial charge >= 0.3 is 0 Å². The number of nitrogens with one attached hydrogen (secondary N) is 2. The molecule has 0 saturated carbocycles. The first-order valence-corrected chi connectivity index (χ1v) is 9.49. The fourth-order valence-electron chi connectivity index (χ4n) is 3.49. The number of ether oxygens (including phenoxy) is 1. The molecule has 1 aromatic heterocycles. The number of aromatic nitrogens is 2. The van der Waals surface area contributed by atoms with E-state index in [9.17, 15) is 9.59 Å². The van der Waals surface area contributed by atoms with Gasteiger partial charge in [-0.15, -0.1) is 0 Å². The van der Waals surface area contributed by atoms with E-state index < -0.39 is 5.92 Å². The van der Waals surface area contributed by atoms with Gasteiger partial charge in [0.05, 0.1) is 24.8 Å². The van der Waals surface area contributed by atoms with E-state index in [0.29, 0.717) is 23.9 Å². The van der Waals surface area contributed by atoms with Crippen molar-refractivity contribution in [1.82, 2.24) is 15.1 Å². The second-order valence-electron chi connectivity index (χ2n) is 6.93. The maximum absolute atomic E-state index is 12.5. The Kier molecular flexibility index (Phi) is 5.13. The van der Waals surface area contributed by atoms with Crippen molar-refractivity contribution < 1.29 is 14.3 Å². The normalized spacial score (nSPS) is 21.6. The van der Waals surface area contributed by atoms with Crippen molar-refractivity contribution in [2.75, 3.05) is 18.5 Å². The van der Waals surface area contributed by atoms with Gasteiger partial charge in [0.25, 0.3) is 0 Å². The van der Waals surface area contributed by atoms with Gasteiger partial charge in [-0.2, -0.15) is 5.10 Å². The van der Waals surface area contributed by atoms with Gasteiger partial charge in [0.2, 0.25) is 11.8 Å². The number of fused-ring (bicyclic) bond motifs is 1. The molecule has 7 nitrogen and oxygen atoms in total. The van der Waals surface area contributed by atoms with Gasteiger partial charge in [-0.05, 0) is 30.5 Å². The molecule has 1 fully saturated rings. The van der Waals surface area contributed by atoms with E-state index in [0.717, 1.165) is 30.6 Å². The summed E-state index contributed by atoms with van der Waals surface area (Å²) in [6.07, 6.45) is 3.94. The van der Waals surface area contributed by atoms with Gasteiger partial charge in [-0.1, -0.05) is 23.7 Å². The molecule has 27 heavy (non-hydrogen) atoms. The number of anilines is 1. The summed E-state index contributed by atoms with van der Waals surface area (Å²) < 4.78 is 7.24. The summed E-state index contributed by atoms with van der Waals surface area (Å²) in [6.45, 7) is 1.63. The molecule has 0 spiro atoms. The van der Waals surface area contributed by atoms with Crippen molar-refractivity contribution >= 4 is 29.2 Å². The number of benzene rings is 1. The molecule has 8 heteroatoms. The third-order valence-electron chi connectivity index (χ3n) is 4.98. The van der Waals surface area contributed by atoms with E-state index in [1.165, 1.54) is 0 Å². The molecule has 4 rings (SSSR count). The van der Waals surface area contributed by atoms with Crippen LogP contribution in [0.1, 0.15) is 19.3 Å². The fraction of sp³-hybridized carbons (Fsp3) is 0.421. The lowest BCUT2D eigenvalue weighted by atomic mass is 10.0. The maximum atomic E-state index is 12.5. The first-order chi connectivity index (χ1) is 13.1. The van der Waals surface area contributed by atoms with Crippen molar-refractivity contribution in [1.29, 1.82) is 0 Å². The van der Waals surface area contributed by atoms with E-state index in [2.05, 4.69) is 15.7 Å². The Morgan fingerprint density at radius 3 is 2.93 bits per heavy atom. The largest absolute Gasteiger partial charge is 0.376 e. The van der Waals surface area contributed by atoms with E-state index in [-0.39, 0.29) is 24.3 Å². The van der Waals surface area contributed by atoms with E-state index >= 15 is 0 Å². The highest BCUT2D eigenvalue weighted by molar-refractivity contribution is 6.30. The van der Waals surface area contributed by atoms with Crippen LogP contribution in [0.5, 0.6) is 0 Å². The first kappa shape index (κ1) is 18.0. The molecule has 3 heterocycles. The molecule has 2 aromatic rings.